The molecule has 5 nitrogen and oxygen atoms in total. The van der Waals surface area contributed by atoms with E-state index in [4.69, 9.17) is 4.74 Å². The highest BCUT2D eigenvalue weighted by Gasteiger charge is 2.35. The number of amides is 1. The van der Waals surface area contributed by atoms with Crippen molar-refractivity contribution in [1.29, 1.82) is 0 Å². The van der Waals surface area contributed by atoms with E-state index in [2.05, 4.69) is 15.0 Å². The third kappa shape index (κ3) is 2.74. The Bertz CT molecular complexity index is 668. The molecule has 0 aliphatic carbocycles. The summed E-state index contributed by atoms with van der Waals surface area (Å²) in [5.74, 6) is -0.244. The van der Waals surface area contributed by atoms with Crippen molar-refractivity contribution in [3.8, 4) is 5.75 Å². The zero-order valence-corrected chi connectivity index (χ0v) is 11.7. The van der Waals surface area contributed by atoms with E-state index in [-0.39, 0.29) is 23.5 Å². The van der Waals surface area contributed by atoms with Crippen LogP contribution in [-0.4, -0.2) is 16.7 Å². The number of nitrogens with one attached hydrogen (secondary N) is 1. The minimum atomic E-state index is -0.497. The van der Waals surface area contributed by atoms with Crippen molar-refractivity contribution in [3.63, 3.8) is 0 Å². The summed E-state index contributed by atoms with van der Waals surface area (Å²) in [7, 11) is 0. The molecule has 0 saturated heterocycles. The molecule has 1 N–H and O–H groups in total. The monoisotopic (exact) mass is 290 g/mol. The number of hydrogen-bond donors (Lipinski definition) is 1. The van der Waals surface area contributed by atoms with E-state index in [0.717, 1.165) is 5.56 Å². The van der Waals surface area contributed by atoms with Crippen molar-refractivity contribution in [2.24, 2.45) is 0 Å². The minimum absolute atomic E-state index is 0.211. The lowest BCUT2D eigenvalue weighted by atomic mass is 9.89. The van der Waals surface area contributed by atoms with Gasteiger partial charge in [-0.15, -0.1) is 0 Å². The lowest BCUT2D eigenvalue weighted by Crippen LogP contribution is -2.41. The summed E-state index contributed by atoms with van der Waals surface area (Å²) >= 11 is 0. The van der Waals surface area contributed by atoms with Gasteiger partial charge < -0.3 is 14.6 Å². The Morgan fingerprint density at radius 2 is 2.24 bits per heavy atom. The van der Waals surface area contributed by atoms with E-state index in [0.29, 0.717) is 12.2 Å². The number of nitrogens with zero attached hydrogens (tertiary/aromatic N) is 1. The van der Waals surface area contributed by atoms with Crippen molar-refractivity contribution in [1.82, 2.24) is 10.5 Å². The van der Waals surface area contributed by atoms with Crippen molar-refractivity contribution >= 4 is 5.91 Å². The molecule has 2 heterocycles. The van der Waals surface area contributed by atoms with Crippen LogP contribution in [0.5, 0.6) is 5.75 Å². The van der Waals surface area contributed by atoms with Crippen LogP contribution in [0.3, 0.4) is 0 Å². The summed E-state index contributed by atoms with van der Waals surface area (Å²) in [5.41, 5.74) is 0.471. The van der Waals surface area contributed by atoms with Gasteiger partial charge in [-0.05, 0) is 19.9 Å². The first-order valence-corrected chi connectivity index (χ1v) is 6.64. The Kier molecular flexibility index (Phi) is 3.16. The van der Waals surface area contributed by atoms with Crippen molar-refractivity contribution < 1.29 is 18.4 Å². The average Bonchev–Trinajstić information content (AvgIpc) is 2.90. The second kappa shape index (κ2) is 4.87. The number of ether oxygens (including phenoxy) is 1. The standard InChI is InChI=1S/C15H15FN2O3/c1-15(2)8-12(17-14(19)11-5-6-20-18-11)10-4-3-9(16)7-13(10)21-15/h3-7,12H,8H2,1-2H3,(H,17,19). The molecule has 3 rings (SSSR count). The number of aromatic nitrogens is 1. The van der Waals surface area contributed by atoms with Crippen molar-refractivity contribution in [2.75, 3.05) is 0 Å². The maximum atomic E-state index is 13.4. The van der Waals surface area contributed by atoms with Gasteiger partial charge in [0.05, 0.1) is 6.04 Å². The SMILES string of the molecule is CC1(C)CC(NC(=O)c2ccon2)c2ccc(F)cc2O1. The quantitative estimate of drug-likeness (QED) is 0.923. The molecule has 2 aromatic rings. The second-order valence-electron chi connectivity index (χ2n) is 5.66. The van der Waals surface area contributed by atoms with Crippen LogP contribution in [0.15, 0.2) is 35.1 Å². The van der Waals surface area contributed by atoms with Gasteiger partial charge in [0.25, 0.3) is 5.91 Å². The van der Waals surface area contributed by atoms with E-state index in [9.17, 15) is 9.18 Å². The first kappa shape index (κ1) is 13.6. The van der Waals surface area contributed by atoms with Crippen LogP contribution in [0.1, 0.15) is 42.4 Å². The molecular weight excluding hydrogens is 275 g/mol. The van der Waals surface area contributed by atoms with Crippen LogP contribution in [0.2, 0.25) is 0 Å². The highest BCUT2D eigenvalue weighted by Crippen LogP contribution is 2.39. The lowest BCUT2D eigenvalue weighted by Gasteiger charge is -2.37. The van der Waals surface area contributed by atoms with Crippen LogP contribution in [0, 0.1) is 5.82 Å². The smallest absolute Gasteiger partial charge is 0.273 e. The first-order valence-electron chi connectivity index (χ1n) is 6.64. The number of carbonyl (C=O) groups is 1. The van der Waals surface area contributed by atoms with E-state index in [1.54, 1.807) is 6.07 Å². The molecule has 6 heteroatoms. The minimum Gasteiger partial charge on any atom is -0.487 e. The number of carbonyl (C=O) groups excluding carboxylic acids is 1. The van der Waals surface area contributed by atoms with E-state index >= 15 is 0 Å². The summed E-state index contributed by atoms with van der Waals surface area (Å²) < 4.78 is 23.8. The summed E-state index contributed by atoms with van der Waals surface area (Å²) in [6.07, 6.45) is 1.92. The van der Waals surface area contributed by atoms with Crippen LogP contribution in [-0.2, 0) is 0 Å². The molecular formula is C15H15FN2O3. The molecule has 1 aliphatic rings. The van der Waals surface area contributed by atoms with Gasteiger partial charge in [0, 0.05) is 24.1 Å². The Labute approximate surface area is 121 Å². The molecule has 110 valence electrons. The molecule has 21 heavy (non-hydrogen) atoms. The number of rotatable bonds is 2. The third-order valence-corrected chi connectivity index (χ3v) is 3.41. The molecule has 0 fully saturated rings. The zero-order chi connectivity index (χ0) is 15.0. The topological polar surface area (TPSA) is 64.4 Å². The molecule has 1 unspecified atom stereocenters. The van der Waals surface area contributed by atoms with Gasteiger partial charge >= 0.3 is 0 Å². The van der Waals surface area contributed by atoms with E-state index in [1.807, 2.05) is 13.8 Å². The summed E-state index contributed by atoms with van der Waals surface area (Å²) in [4.78, 5) is 12.1. The fraction of sp³-hybridized carbons (Fsp3) is 0.333. The first-order chi connectivity index (χ1) is 9.94. The fourth-order valence-corrected chi connectivity index (χ4v) is 2.52. The normalized spacial score (nSPS) is 19.5. The molecule has 1 aromatic heterocycles. The second-order valence-corrected chi connectivity index (χ2v) is 5.66. The van der Waals surface area contributed by atoms with Crippen LogP contribution < -0.4 is 10.1 Å². The molecule has 1 atom stereocenters. The van der Waals surface area contributed by atoms with Gasteiger partial charge in [-0.3, -0.25) is 4.79 Å². The maximum Gasteiger partial charge on any atom is 0.273 e. The summed E-state index contributed by atoms with van der Waals surface area (Å²) in [6, 6.07) is 5.55. The van der Waals surface area contributed by atoms with Gasteiger partial charge in [0.1, 0.15) is 23.4 Å². The maximum absolute atomic E-state index is 13.4. The van der Waals surface area contributed by atoms with Gasteiger partial charge in [-0.2, -0.15) is 0 Å². The number of fused-ring (bicyclic) bond motifs is 1. The Morgan fingerprint density at radius 3 is 2.95 bits per heavy atom. The molecule has 1 amide bonds. The molecule has 1 aromatic carbocycles. The highest BCUT2D eigenvalue weighted by molar-refractivity contribution is 5.92. The summed E-state index contributed by atoms with van der Waals surface area (Å²) in [5, 5.41) is 6.50. The van der Waals surface area contributed by atoms with Gasteiger partial charge in [0.2, 0.25) is 0 Å². The Hall–Kier alpha value is -2.37. The van der Waals surface area contributed by atoms with Gasteiger partial charge in [-0.1, -0.05) is 11.2 Å². The zero-order valence-electron chi connectivity index (χ0n) is 11.7. The van der Waals surface area contributed by atoms with Gasteiger partial charge in [-0.25, -0.2) is 4.39 Å². The van der Waals surface area contributed by atoms with E-state index in [1.165, 1.54) is 24.5 Å². The molecule has 0 saturated carbocycles. The Morgan fingerprint density at radius 1 is 1.43 bits per heavy atom. The highest BCUT2D eigenvalue weighted by atomic mass is 19.1. The Balaban J connectivity index is 1.90. The van der Waals surface area contributed by atoms with Gasteiger partial charge in [0.15, 0.2) is 5.69 Å². The molecule has 1 aliphatic heterocycles. The predicted octanol–water partition coefficient (Wildman–Crippen LogP) is 2.85. The van der Waals surface area contributed by atoms with Crippen LogP contribution in [0.25, 0.3) is 0 Å². The third-order valence-electron chi connectivity index (χ3n) is 3.41. The fourth-order valence-electron chi connectivity index (χ4n) is 2.52. The number of halogens is 1. The van der Waals surface area contributed by atoms with Crippen molar-refractivity contribution in [3.05, 3.63) is 47.6 Å². The molecule has 0 bridgehead atoms. The predicted molar refractivity (Wildman–Crippen MR) is 72.4 cm³/mol. The molecule has 0 spiro atoms. The van der Waals surface area contributed by atoms with Crippen LogP contribution in [0.4, 0.5) is 4.39 Å². The summed E-state index contributed by atoms with van der Waals surface area (Å²) in [6.45, 7) is 3.80. The largest absolute Gasteiger partial charge is 0.487 e. The average molecular weight is 290 g/mol. The number of hydrogen-bond acceptors (Lipinski definition) is 4. The molecule has 0 radical (unpaired) electrons. The van der Waals surface area contributed by atoms with Crippen LogP contribution >= 0.6 is 0 Å². The lowest BCUT2D eigenvalue weighted by molar-refractivity contribution is 0.0614. The number of benzene rings is 1. The van der Waals surface area contributed by atoms with Crippen molar-refractivity contribution in [2.45, 2.75) is 31.9 Å². The van der Waals surface area contributed by atoms with E-state index < -0.39 is 5.60 Å².